The predicted octanol–water partition coefficient (Wildman–Crippen LogP) is 0.959. The number of pyridine rings is 1. The highest BCUT2D eigenvalue weighted by molar-refractivity contribution is 7.89. The normalized spacial score (nSPS) is 11.4. The number of aromatic nitrogens is 2. The van der Waals surface area contributed by atoms with Gasteiger partial charge in [0.2, 0.25) is 10.0 Å². The van der Waals surface area contributed by atoms with Crippen LogP contribution in [0.1, 0.15) is 16.4 Å². The number of nitrogens with one attached hydrogen (secondary N) is 1. The minimum atomic E-state index is -3.74. The number of nitrogens with two attached hydrogens (primary N) is 1. The van der Waals surface area contributed by atoms with Crippen molar-refractivity contribution in [2.45, 2.75) is 18.4 Å². The molecule has 0 bridgehead atoms. The van der Waals surface area contributed by atoms with E-state index in [2.05, 4.69) is 14.7 Å². The van der Waals surface area contributed by atoms with Crippen molar-refractivity contribution in [3.05, 3.63) is 40.1 Å². The Balaban J connectivity index is 2.25. The maximum absolute atomic E-state index is 12.2. The van der Waals surface area contributed by atoms with E-state index in [0.717, 1.165) is 5.01 Å². The van der Waals surface area contributed by atoms with Gasteiger partial charge in [0.05, 0.1) is 17.2 Å². The summed E-state index contributed by atoms with van der Waals surface area (Å²) in [7, 11) is -3.74. The van der Waals surface area contributed by atoms with Crippen LogP contribution < -0.4 is 10.5 Å². The van der Waals surface area contributed by atoms with Gasteiger partial charge in [-0.15, -0.1) is 11.3 Å². The van der Waals surface area contributed by atoms with Crippen molar-refractivity contribution in [3.63, 3.8) is 0 Å². The molecule has 0 aromatic carbocycles. The molecule has 0 saturated carbocycles. The average Bonchev–Trinajstić information content (AvgIpc) is 2.82. The zero-order valence-electron chi connectivity index (χ0n) is 10.5. The van der Waals surface area contributed by atoms with E-state index in [1.807, 2.05) is 6.92 Å². The molecule has 0 fully saturated rings. The quantitative estimate of drug-likeness (QED) is 0.793. The van der Waals surface area contributed by atoms with Crippen molar-refractivity contribution >= 4 is 38.6 Å². The summed E-state index contributed by atoms with van der Waals surface area (Å²) in [5, 5.41) is 2.68. The second kappa shape index (κ2) is 5.92. The van der Waals surface area contributed by atoms with E-state index in [4.69, 9.17) is 18.0 Å². The SMILES string of the molecule is Cc1nc(CNS(=O)(=O)c2cccnc2C(N)=S)cs1. The summed E-state index contributed by atoms with van der Waals surface area (Å²) in [5.74, 6) is 0. The second-order valence-electron chi connectivity index (χ2n) is 3.90. The molecule has 3 N–H and O–H groups in total. The van der Waals surface area contributed by atoms with Gasteiger partial charge in [0.1, 0.15) is 15.6 Å². The molecular formula is C11H12N4O2S3. The van der Waals surface area contributed by atoms with Gasteiger partial charge in [0.25, 0.3) is 0 Å². The van der Waals surface area contributed by atoms with Crippen LogP contribution in [0.15, 0.2) is 28.6 Å². The molecule has 0 radical (unpaired) electrons. The third kappa shape index (κ3) is 3.37. The van der Waals surface area contributed by atoms with Gasteiger partial charge in [0, 0.05) is 11.6 Å². The first-order valence-corrected chi connectivity index (χ1v) is 8.33. The van der Waals surface area contributed by atoms with Crippen molar-refractivity contribution in [2.24, 2.45) is 5.73 Å². The van der Waals surface area contributed by atoms with Gasteiger partial charge in [-0.25, -0.2) is 18.1 Å². The molecule has 2 heterocycles. The molecule has 0 amide bonds. The van der Waals surface area contributed by atoms with E-state index < -0.39 is 10.0 Å². The molecule has 0 aliphatic rings. The number of hydrogen-bond donors (Lipinski definition) is 2. The van der Waals surface area contributed by atoms with Crippen LogP contribution >= 0.6 is 23.6 Å². The summed E-state index contributed by atoms with van der Waals surface area (Å²) in [5.41, 5.74) is 6.24. The molecule has 0 aliphatic heterocycles. The number of thiazole rings is 1. The highest BCUT2D eigenvalue weighted by Gasteiger charge is 2.20. The molecule has 0 spiro atoms. The highest BCUT2D eigenvalue weighted by Crippen LogP contribution is 2.14. The maximum Gasteiger partial charge on any atom is 0.243 e. The summed E-state index contributed by atoms with van der Waals surface area (Å²) >= 11 is 6.27. The molecule has 0 unspecified atom stereocenters. The number of sulfonamides is 1. The second-order valence-corrected chi connectivity index (χ2v) is 7.13. The number of nitrogens with zero attached hydrogens (tertiary/aromatic N) is 2. The van der Waals surface area contributed by atoms with Crippen LogP contribution in [0.4, 0.5) is 0 Å². The van der Waals surface area contributed by atoms with Crippen molar-refractivity contribution in [2.75, 3.05) is 0 Å². The van der Waals surface area contributed by atoms with E-state index >= 15 is 0 Å². The minimum absolute atomic E-state index is 0.0283. The molecule has 0 atom stereocenters. The number of aryl methyl sites for hydroxylation is 1. The van der Waals surface area contributed by atoms with Gasteiger partial charge in [0.15, 0.2) is 0 Å². The van der Waals surface area contributed by atoms with Gasteiger partial charge in [-0.1, -0.05) is 12.2 Å². The lowest BCUT2D eigenvalue weighted by atomic mass is 10.3. The van der Waals surface area contributed by atoms with Crippen LogP contribution in [0.3, 0.4) is 0 Å². The first-order valence-electron chi connectivity index (χ1n) is 5.55. The summed E-state index contributed by atoms with van der Waals surface area (Å²) in [6, 6.07) is 2.93. The summed E-state index contributed by atoms with van der Waals surface area (Å²) < 4.78 is 27.0. The van der Waals surface area contributed by atoms with Crippen LogP contribution in [0.2, 0.25) is 0 Å². The van der Waals surface area contributed by atoms with Crippen LogP contribution in [0.25, 0.3) is 0 Å². The third-order valence-corrected chi connectivity index (χ3v) is 4.85. The Morgan fingerprint density at radius 2 is 2.30 bits per heavy atom. The smallest absolute Gasteiger partial charge is 0.243 e. The fraction of sp³-hybridized carbons (Fsp3) is 0.182. The van der Waals surface area contributed by atoms with Crippen molar-refractivity contribution in [1.82, 2.24) is 14.7 Å². The van der Waals surface area contributed by atoms with Crippen LogP contribution in [-0.2, 0) is 16.6 Å². The fourth-order valence-corrected chi connectivity index (χ4v) is 3.54. The van der Waals surface area contributed by atoms with Crippen molar-refractivity contribution in [1.29, 1.82) is 0 Å². The van der Waals surface area contributed by atoms with Crippen LogP contribution in [0, 0.1) is 6.92 Å². The Bertz CT molecular complexity index is 740. The van der Waals surface area contributed by atoms with Gasteiger partial charge in [-0.3, -0.25) is 4.98 Å². The van der Waals surface area contributed by atoms with E-state index in [9.17, 15) is 8.42 Å². The fourth-order valence-electron chi connectivity index (χ4n) is 1.53. The third-order valence-electron chi connectivity index (χ3n) is 2.40. The first-order chi connectivity index (χ1) is 9.40. The molecule has 2 aromatic heterocycles. The molecule has 20 heavy (non-hydrogen) atoms. The zero-order chi connectivity index (χ0) is 14.8. The molecule has 2 rings (SSSR count). The average molecular weight is 328 g/mol. The Hall–Kier alpha value is -1.42. The van der Waals surface area contributed by atoms with E-state index in [0.29, 0.717) is 5.69 Å². The standard InChI is InChI=1S/C11H12N4O2S3/c1-7-15-8(6-19-7)5-14-20(16,17)9-3-2-4-13-10(9)11(12)18/h2-4,6,14H,5H2,1H3,(H2,12,18). The lowest BCUT2D eigenvalue weighted by molar-refractivity contribution is 0.580. The lowest BCUT2D eigenvalue weighted by Gasteiger charge is -2.08. The summed E-state index contributed by atoms with van der Waals surface area (Å²) in [6.45, 7) is 1.97. The molecule has 106 valence electrons. The Morgan fingerprint density at radius 3 is 2.90 bits per heavy atom. The molecule has 0 aliphatic carbocycles. The molecule has 0 saturated heterocycles. The molecular weight excluding hydrogens is 316 g/mol. The first kappa shape index (κ1) is 15.0. The Labute approximate surface area is 126 Å². The van der Waals surface area contributed by atoms with Gasteiger partial charge >= 0.3 is 0 Å². The number of thiocarbonyl (C=S) groups is 1. The van der Waals surface area contributed by atoms with Gasteiger partial charge in [-0.2, -0.15) is 0 Å². The Kier molecular flexibility index (Phi) is 4.43. The maximum atomic E-state index is 12.2. The molecule has 2 aromatic rings. The molecule has 9 heteroatoms. The lowest BCUT2D eigenvalue weighted by Crippen LogP contribution is -2.27. The Morgan fingerprint density at radius 1 is 1.55 bits per heavy atom. The largest absolute Gasteiger partial charge is 0.388 e. The summed E-state index contributed by atoms with van der Waals surface area (Å²) in [4.78, 5) is 8.01. The number of rotatable bonds is 5. The van der Waals surface area contributed by atoms with Crippen molar-refractivity contribution in [3.8, 4) is 0 Å². The van der Waals surface area contributed by atoms with Crippen LogP contribution in [-0.4, -0.2) is 23.4 Å². The van der Waals surface area contributed by atoms with Gasteiger partial charge < -0.3 is 5.73 Å². The van der Waals surface area contributed by atoms with E-state index in [-0.39, 0.29) is 22.1 Å². The summed E-state index contributed by atoms with van der Waals surface area (Å²) in [6.07, 6.45) is 1.44. The number of hydrogen-bond acceptors (Lipinski definition) is 6. The van der Waals surface area contributed by atoms with Crippen molar-refractivity contribution < 1.29 is 8.42 Å². The van der Waals surface area contributed by atoms with Crippen LogP contribution in [0.5, 0.6) is 0 Å². The van der Waals surface area contributed by atoms with E-state index in [1.54, 1.807) is 5.38 Å². The highest BCUT2D eigenvalue weighted by atomic mass is 32.2. The monoisotopic (exact) mass is 328 g/mol. The predicted molar refractivity (Wildman–Crippen MR) is 81.0 cm³/mol. The zero-order valence-corrected chi connectivity index (χ0v) is 13.0. The molecule has 6 nitrogen and oxygen atoms in total. The van der Waals surface area contributed by atoms with E-state index in [1.165, 1.54) is 29.7 Å². The minimum Gasteiger partial charge on any atom is -0.388 e. The van der Waals surface area contributed by atoms with Gasteiger partial charge in [-0.05, 0) is 19.1 Å². The topological polar surface area (TPSA) is 98.0 Å².